The van der Waals surface area contributed by atoms with E-state index in [0.717, 1.165) is 10.8 Å². The highest BCUT2D eigenvalue weighted by Crippen LogP contribution is 2.24. The quantitative estimate of drug-likeness (QED) is 0.820. The molecule has 0 saturated carbocycles. The van der Waals surface area contributed by atoms with Crippen LogP contribution in [-0.2, 0) is 0 Å². The van der Waals surface area contributed by atoms with E-state index < -0.39 is 0 Å². The minimum absolute atomic E-state index is 0.250. The first-order valence-electron chi connectivity index (χ1n) is 4.78. The molecule has 0 amide bonds. The van der Waals surface area contributed by atoms with Gasteiger partial charge in [-0.1, -0.05) is 18.5 Å². The van der Waals surface area contributed by atoms with E-state index in [-0.39, 0.29) is 12.1 Å². The highest BCUT2D eigenvalue weighted by Gasteiger charge is 2.08. The van der Waals surface area contributed by atoms with Gasteiger partial charge in [0.25, 0.3) is 0 Å². The smallest absolute Gasteiger partial charge is 0.0931 e. The summed E-state index contributed by atoms with van der Waals surface area (Å²) in [5.41, 5.74) is 1.18. The third kappa shape index (κ3) is 3.58. The minimum Gasteiger partial charge on any atom is -0.392 e. The second kappa shape index (κ2) is 5.71. The number of rotatable bonds is 5. The van der Waals surface area contributed by atoms with Gasteiger partial charge in [-0.05, 0) is 30.4 Å². The molecule has 2 nitrogen and oxygen atoms in total. The predicted octanol–water partition coefficient (Wildman–Crippen LogP) is 2.82. The fourth-order valence-electron chi connectivity index (χ4n) is 1.13. The average Bonchev–Trinajstić information content (AvgIpc) is 2.60. The Balaban J connectivity index is 2.39. The van der Waals surface area contributed by atoms with Gasteiger partial charge in [-0.25, -0.2) is 0 Å². The van der Waals surface area contributed by atoms with E-state index in [2.05, 4.69) is 12.2 Å². The molecule has 1 heterocycles. The Hall–Kier alpha value is -0.0900. The molecule has 80 valence electrons. The lowest BCUT2D eigenvalue weighted by atomic mass is 10.1. The summed E-state index contributed by atoms with van der Waals surface area (Å²) in [7, 11) is 0. The second-order valence-corrected chi connectivity index (χ2v) is 4.92. The van der Waals surface area contributed by atoms with Crippen molar-refractivity contribution < 1.29 is 5.11 Å². The van der Waals surface area contributed by atoms with E-state index >= 15 is 0 Å². The van der Waals surface area contributed by atoms with Crippen molar-refractivity contribution in [2.75, 3.05) is 6.54 Å². The molecule has 0 aromatic carbocycles. The van der Waals surface area contributed by atoms with Gasteiger partial charge in [-0.15, -0.1) is 11.3 Å². The van der Waals surface area contributed by atoms with E-state index in [1.165, 1.54) is 16.9 Å². The van der Waals surface area contributed by atoms with Crippen molar-refractivity contribution in [2.45, 2.75) is 32.4 Å². The number of nitrogens with one attached hydrogen (secondary N) is 1. The number of hydrogen-bond acceptors (Lipinski definition) is 3. The van der Waals surface area contributed by atoms with Crippen molar-refractivity contribution in [1.29, 1.82) is 0 Å². The van der Waals surface area contributed by atoms with Crippen LogP contribution in [0, 0.1) is 0 Å². The first kappa shape index (κ1) is 12.0. The summed E-state index contributed by atoms with van der Waals surface area (Å²) in [5, 5.41) is 14.7. The Morgan fingerprint density at radius 3 is 2.86 bits per heavy atom. The molecule has 14 heavy (non-hydrogen) atoms. The molecule has 0 aliphatic heterocycles. The molecule has 2 atom stereocenters. The number of thiophene rings is 1. The molecule has 0 bridgehead atoms. The normalized spacial score (nSPS) is 15.4. The Kier molecular flexibility index (Phi) is 4.89. The summed E-state index contributed by atoms with van der Waals surface area (Å²) in [4.78, 5) is 0. The van der Waals surface area contributed by atoms with Gasteiger partial charge in [0.15, 0.2) is 0 Å². The summed E-state index contributed by atoms with van der Waals surface area (Å²) in [6.07, 6.45) is 0.524. The molecule has 1 aromatic heterocycles. The van der Waals surface area contributed by atoms with Gasteiger partial charge in [0, 0.05) is 12.6 Å². The summed E-state index contributed by atoms with van der Waals surface area (Å²) in [6, 6.07) is 2.21. The van der Waals surface area contributed by atoms with Crippen molar-refractivity contribution in [3.8, 4) is 0 Å². The Labute approximate surface area is 93.9 Å². The predicted molar refractivity (Wildman–Crippen MR) is 62.0 cm³/mol. The lowest BCUT2D eigenvalue weighted by molar-refractivity contribution is 0.164. The van der Waals surface area contributed by atoms with E-state index in [1.807, 2.05) is 18.4 Å². The summed E-state index contributed by atoms with van der Waals surface area (Å²) in [6.45, 7) is 4.67. The minimum atomic E-state index is -0.258. The van der Waals surface area contributed by atoms with Gasteiger partial charge < -0.3 is 10.4 Å². The van der Waals surface area contributed by atoms with Crippen molar-refractivity contribution in [3.05, 3.63) is 21.3 Å². The van der Waals surface area contributed by atoms with Crippen LogP contribution in [0.5, 0.6) is 0 Å². The molecule has 4 heteroatoms. The standard InChI is InChI=1S/C10H16ClNOS/c1-3-9(13)5-12-7(2)8-4-10(11)14-6-8/h4,6-7,9,12-13H,3,5H2,1-2H3. The summed E-state index contributed by atoms with van der Waals surface area (Å²) in [5.74, 6) is 0. The highest BCUT2D eigenvalue weighted by molar-refractivity contribution is 7.14. The second-order valence-electron chi connectivity index (χ2n) is 3.38. The van der Waals surface area contributed by atoms with Crippen LogP contribution in [-0.4, -0.2) is 17.8 Å². The van der Waals surface area contributed by atoms with Gasteiger partial charge in [-0.2, -0.15) is 0 Å². The van der Waals surface area contributed by atoms with Crippen LogP contribution in [0.2, 0.25) is 4.34 Å². The van der Waals surface area contributed by atoms with Gasteiger partial charge in [0.05, 0.1) is 10.4 Å². The maximum absolute atomic E-state index is 9.37. The fraction of sp³-hybridized carbons (Fsp3) is 0.600. The molecule has 2 N–H and O–H groups in total. The Bertz CT molecular complexity index is 277. The molecule has 0 spiro atoms. The van der Waals surface area contributed by atoms with Crippen molar-refractivity contribution in [1.82, 2.24) is 5.32 Å². The molecule has 0 fully saturated rings. The number of halogens is 1. The zero-order valence-electron chi connectivity index (χ0n) is 8.46. The molecular weight excluding hydrogens is 218 g/mol. The summed E-state index contributed by atoms with van der Waals surface area (Å²) < 4.78 is 0.810. The maximum atomic E-state index is 9.37. The van der Waals surface area contributed by atoms with Gasteiger partial charge in [0.2, 0.25) is 0 Å². The number of aliphatic hydroxyl groups excluding tert-OH is 1. The van der Waals surface area contributed by atoms with E-state index in [1.54, 1.807) is 0 Å². The summed E-state index contributed by atoms with van der Waals surface area (Å²) >= 11 is 7.37. The van der Waals surface area contributed by atoms with Crippen LogP contribution in [0.3, 0.4) is 0 Å². The van der Waals surface area contributed by atoms with Gasteiger partial charge in [0.1, 0.15) is 0 Å². The van der Waals surface area contributed by atoms with Crippen LogP contribution >= 0.6 is 22.9 Å². The van der Waals surface area contributed by atoms with Gasteiger partial charge >= 0.3 is 0 Å². The lowest BCUT2D eigenvalue weighted by Crippen LogP contribution is -2.28. The third-order valence-electron chi connectivity index (χ3n) is 2.22. The molecule has 0 radical (unpaired) electrons. The van der Waals surface area contributed by atoms with Crippen LogP contribution in [0.15, 0.2) is 11.4 Å². The van der Waals surface area contributed by atoms with Crippen LogP contribution in [0.4, 0.5) is 0 Å². The fourth-order valence-corrected chi connectivity index (χ4v) is 2.11. The zero-order chi connectivity index (χ0) is 10.6. The molecular formula is C10H16ClNOS. The number of aliphatic hydroxyl groups is 1. The molecule has 0 saturated heterocycles. The number of hydrogen-bond donors (Lipinski definition) is 2. The van der Waals surface area contributed by atoms with E-state index in [0.29, 0.717) is 6.54 Å². The highest BCUT2D eigenvalue weighted by atomic mass is 35.5. The molecule has 0 aliphatic rings. The topological polar surface area (TPSA) is 32.3 Å². The first-order valence-corrected chi connectivity index (χ1v) is 6.04. The maximum Gasteiger partial charge on any atom is 0.0931 e. The van der Waals surface area contributed by atoms with Crippen molar-refractivity contribution in [2.24, 2.45) is 0 Å². The van der Waals surface area contributed by atoms with Crippen LogP contribution < -0.4 is 5.32 Å². The SMILES string of the molecule is CCC(O)CNC(C)c1csc(Cl)c1. The largest absolute Gasteiger partial charge is 0.392 e. The van der Waals surface area contributed by atoms with Crippen molar-refractivity contribution >= 4 is 22.9 Å². The monoisotopic (exact) mass is 233 g/mol. The molecule has 1 rings (SSSR count). The average molecular weight is 234 g/mol. The molecule has 0 aliphatic carbocycles. The lowest BCUT2D eigenvalue weighted by Gasteiger charge is -2.15. The molecule has 1 aromatic rings. The van der Waals surface area contributed by atoms with E-state index in [9.17, 15) is 5.11 Å². The van der Waals surface area contributed by atoms with Gasteiger partial charge in [-0.3, -0.25) is 0 Å². The Morgan fingerprint density at radius 2 is 2.36 bits per heavy atom. The Morgan fingerprint density at radius 1 is 1.64 bits per heavy atom. The van der Waals surface area contributed by atoms with Crippen LogP contribution in [0.25, 0.3) is 0 Å². The van der Waals surface area contributed by atoms with Crippen LogP contribution in [0.1, 0.15) is 31.9 Å². The zero-order valence-corrected chi connectivity index (χ0v) is 10.0. The third-order valence-corrected chi connectivity index (χ3v) is 3.33. The molecule has 2 unspecified atom stereocenters. The first-order chi connectivity index (χ1) is 6.63. The van der Waals surface area contributed by atoms with Crippen molar-refractivity contribution in [3.63, 3.8) is 0 Å². The van der Waals surface area contributed by atoms with E-state index in [4.69, 9.17) is 11.6 Å².